The maximum absolute atomic E-state index is 13.6. The molecule has 154 valence electrons. The molecule has 1 unspecified atom stereocenters. The van der Waals surface area contributed by atoms with Gasteiger partial charge in [0.25, 0.3) is 5.91 Å². The van der Waals surface area contributed by atoms with Crippen molar-refractivity contribution in [3.8, 4) is 5.75 Å². The zero-order valence-electron chi connectivity index (χ0n) is 15.8. The van der Waals surface area contributed by atoms with Gasteiger partial charge in [0.2, 0.25) is 0 Å². The lowest BCUT2D eigenvalue weighted by atomic mass is 10.1. The number of hydrogen-bond donors (Lipinski definition) is 0. The Kier molecular flexibility index (Phi) is 5.46. The summed E-state index contributed by atoms with van der Waals surface area (Å²) >= 11 is 0. The summed E-state index contributed by atoms with van der Waals surface area (Å²) in [5, 5.41) is 0. The van der Waals surface area contributed by atoms with Crippen molar-refractivity contribution in [3.63, 3.8) is 0 Å². The van der Waals surface area contributed by atoms with Gasteiger partial charge < -0.3 is 9.47 Å². The summed E-state index contributed by atoms with van der Waals surface area (Å²) in [7, 11) is 0. The van der Waals surface area contributed by atoms with Crippen LogP contribution >= 0.6 is 0 Å². The summed E-state index contributed by atoms with van der Waals surface area (Å²) in [6.07, 6.45) is -4.92. The van der Waals surface area contributed by atoms with E-state index in [0.29, 0.717) is 18.0 Å². The van der Waals surface area contributed by atoms with E-state index in [4.69, 9.17) is 9.47 Å². The minimum Gasteiger partial charge on any atom is -0.489 e. The molecular weight excluding hydrogens is 395 g/mol. The highest BCUT2D eigenvalue weighted by atomic mass is 19.4. The Bertz CT molecular complexity index is 979. The van der Waals surface area contributed by atoms with Crippen LogP contribution < -0.4 is 9.64 Å². The molecule has 0 aliphatic carbocycles. The lowest BCUT2D eigenvalue weighted by Crippen LogP contribution is -2.27. The van der Waals surface area contributed by atoms with Crippen LogP contribution in [0.3, 0.4) is 0 Å². The van der Waals surface area contributed by atoms with Gasteiger partial charge in [-0.3, -0.25) is 9.69 Å². The second-order valence-corrected chi connectivity index (χ2v) is 6.76. The van der Waals surface area contributed by atoms with Gasteiger partial charge in [0.15, 0.2) is 0 Å². The molecule has 30 heavy (non-hydrogen) atoms. The lowest BCUT2D eigenvalue weighted by Gasteiger charge is -2.25. The number of ether oxygens (including phenoxy) is 2. The van der Waals surface area contributed by atoms with Gasteiger partial charge in [0.05, 0.1) is 17.7 Å². The Balaban J connectivity index is 1.81. The molecule has 0 N–H and O–H groups in total. The van der Waals surface area contributed by atoms with Crippen molar-refractivity contribution >= 4 is 17.3 Å². The molecule has 0 aromatic heterocycles. The zero-order chi connectivity index (χ0) is 21.1. The third-order valence-corrected chi connectivity index (χ3v) is 4.60. The van der Waals surface area contributed by atoms with Crippen molar-refractivity contribution in [3.05, 3.63) is 90.0 Å². The van der Waals surface area contributed by atoms with Crippen molar-refractivity contribution in [2.24, 2.45) is 0 Å². The van der Waals surface area contributed by atoms with Gasteiger partial charge in [-0.2, -0.15) is 13.2 Å². The Morgan fingerprint density at radius 3 is 2.00 bits per heavy atom. The number of halogens is 3. The van der Waals surface area contributed by atoms with E-state index in [-0.39, 0.29) is 18.3 Å². The molecule has 3 aromatic rings. The second kappa shape index (κ2) is 8.20. The Morgan fingerprint density at radius 2 is 1.50 bits per heavy atom. The number of hydrogen-bond acceptors (Lipinski definition) is 3. The van der Waals surface area contributed by atoms with Gasteiger partial charge in [-0.15, -0.1) is 0 Å². The number of amides is 1. The van der Waals surface area contributed by atoms with Crippen LogP contribution in [-0.4, -0.2) is 25.2 Å². The molecule has 0 radical (unpaired) electrons. The first kappa shape index (κ1) is 20.0. The van der Waals surface area contributed by atoms with Crippen LogP contribution in [0.5, 0.6) is 5.75 Å². The number of epoxide rings is 1. The lowest BCUT2D eigenvalue weighted by molar-refractivity contribution is -0.139. The Labute approximate surface area is 171 Å². The summed E-state index contributed by atoms with van der Waals surface area (Å²) in [5.41, 5.74) is -0.0987. The first-order chi connectivity index (χ1) is 14.4. The Morgan fingerprint density at radius 1 is 0.933 bits per heavy atom. The average Bonchev–Trinajstić information content (AvgIpc) is 3.57. The molecule has 1 atom stereocenters. The maximum Gasteiger partial charge on any atom is 0.419 e. The smallest absolute Gasteiger partial charge is 0.419 e. The van der Waals surface area contributed by atoms with Crippen molar-refractivity contribution < 1.29 is 27.4 Å². The quantitative estimate of drug-likeness (QED) is 0.504. The van der Waals surface area contributed by atoms with E-state index in [2.05, 4.69) is 0 Å². The molecule has 1 fully saturated rings. The van der Waals surface area contributed by atoms with E-state index in [0.717, 1.165) is 6.07 Å². The summed E-state index contributed by atoms with van der Waals surface area (Å²) in [6, 6.07) is 21.0. The van der Waals surface area contributed by atoms with Crippen LogP contribution in [0.1, 0.15) is 15.9 Å². The predicted octanol–water partition coefficient (Wildman–Crippen LogP) is 5.46. The van der Waals surface area contributed by atoms with Gasteiger partial charge in [-0.05, 0) is 36.4 Å². The number of anilines is 2. The third-order valence-electron chi connectivity index (χ3n) is 4.60. The van der Waals surface area contributed by atoms with Gasteiger partial charge in [-0.1, -0.05) is 42.5 Å². The second-order valence-electron chi connectivity index (χ2n) is 6.76. The van der Waals surface area contributed by atoms with Gasteiger partial charge in [-0.25, -0.2) is 0 Å². The van der Waals surface area contributed by atoms with Crippen LogP contribution in [-0.2, 0) is 10.9 Å². The molecule has 3 aromatic carbocycles. The minimum absolute atomic E-state index is 0.0515. The molecule has 1 amide bonds. The standard InChI is InChI=1S/C23H18F3NO3/c24-23(25,26)20-13-7-12-19(21(20)30-15-18-14-29-18)22(28)27(16-8-3-1-4-9-16)17-10-5-2-6-11-17/h1-13,18H,14-15H2. The topological polar surface area (TPSA) is 42.1 Å². The van der Waals surface area contributed by atoms with E-state index < -0.39 is 23.4 Å². The van der Waals surface area contributed by atoms with Crippen LogP contribution in [0, 0.1) is 0 Å². The number of carbonyl (C=O) groups is 1. The Hall–Kier alpha value is -3.32. The van der Waals surface area contributed by atoms with E-state index in [1.54, 1.807) is 60.7 Å². The highest BCUT2D eigenvalue weighted by Crippen LogP contribution is 2.40. The molecule has 0 bridgehead atoms. The first-order valence-corrected chi connectivity index (χ1v) is 9.34. The van der Waals surface area contributed by atoms with Gasteiger partial charge >= 0.3 is 6.18 Å². The molecule has 0 spiro atoms. The fourth-order valence-electron chi connectivity index (χ4n) is 3.08. The van der Waals surface area contributed by atoms with Crippen molar-refractivity contribution in [1.82, 2.24) is 0 Å². The summed E-state index contributed by atoms with van der Waals surface area (Å²) in [5.74, 6) is -1.10. The predicted molar refractivity (Wildman–Crippen MR) is 106 cm³/mol. The first-order valence-electron chi connectivity index (χ1n) is 9.34. The molecule has 4 rings (SSSR count). The molecule has 0 saturated carbocycles. The minimum atomic E-state index is -4.67. The van der Waals surface area contributed by atoms with E-state index in [9.17, 15) is 18.0 Å². The fourth-order valence-corrected chi connectivity index (χ4v) is 3.08. The van der Waals surface area contributed by atoms with Crippen LogP contribution in [0.25, 0.3) is 0 Å². The summed E-state index contributed by atoms with van der Waals surface area (Å²) in [4.78, 5) is 14.9. The normalized spacial score (nSPS) is 15.5. The number of alkyl halides is 3. The molecule has 1 heterocycles. The molecule has 1 aliphatic heterocycles. The van der Waals surface area contributed by atoms with Crippen LogP contribution in [0.2, 0.25) is 0 Å². The molecule has 7 heteroatoms. The highest BCUT2D eigenvalue weighted by Gasteiger charge is 2.38. The van der Waals surface area contributed by atoms with Crippen LogP contribution in [0.4, 0.5) is 24.5 Å². The zero-order valence-corrected chi connectivity index (χ0v) is 15.8. The molecule has 4 nitrogen and oxygen atoms in total. The third kappa shape index (κ3) is 4.31. The van der Waals surface area contributed by atoms with E-state index in [1.807, 2.05) is 0 Å². The van der Waals surface area contributed by atoms with Crippen LogP contribution in [0.15, 0.2) is 78.9 Å². The van der Waals surface area contributed by atoms with Crippen molar-refractivity contribution in [2.75, 3.05) is 18.1 Å². The SMILES string of the molecule is O=C(c1cccc(C(F)(F)F)c1OCC1CO1)N(c1ccccc1)c1ccccc1. The molecule has 1 saturated heterocycles. The summed E-state index contributed by atoms with van der Waals surface area (Å²) in [6.45, 7) is 0.377. The largest absolute Gasteiger partial charge is 0.489 e. The number of nitrogens with zero attached hydrogens (tertiary/aromatic N) is 1. The number of rotatable bonds is 6. The molecule has 1 aliphatic rings. The van der Waals surface area contributed by atoms with Crippen molar-refractivity contribution in [2.45, 2.75) is 12.3 Å². The fraction of sp³-hybridized carbons (Fsp3) is 0.174. The highest BCUT2D eigenvalue weighted by molar-refractivity contribution is 6.12. The monoisotopic (exact) mass is 413 g/mol. The maximum atomic E-state index is 13.6. The van der Waals surface area contributed by atoms with E-state index >= 15 is 0 Å². The van der Waals surface area contributed by atoms with Crippen molar-refractivity contribution in [1.29, 1.82) is 0 Å². The number of carbonyl (C=O) groups excluding carboxylic acids is 1. The van der Waals surface area contributed by atoms with E-state index in [1.165, 1.54) is 17.0 Å². The average molecular weight is 413 g/mol. The number of benzene rings is 3. The summed E-state index contributed by atoms with van der Waals surface area (Å²) < 4.78 is 51.4. The molecular formula is C23H18F3NO3. The van der Waals surface area contributed by atoms with Gasteiger partial charge in [0.1, 0.15) is 18.5 Å². The van der Waals surface area contributed by atoms with Gasteiger partial charge in [0, 0.05) is 11.4 Å². The number of para-hydroxylation sites is 3.